The van der Waals surface area contributed by atoms with E-state index in [4.69, 9.17) is 0 Å². The topological polar surface area (TPSA) is 89.3 Å². The maximum absolute atomic E-state index is 13.6. The Kier molecular flexibility index (Phi) is 5.43. The van der Waals surface area contributed by atoms with Crippen LogP contribution in [0.4, 0.5) is 8.78 Å². The van der Waals surface area contributed by atoms with Crippen molar-refractivity contribution in [1.82, 2.24) is 9.78 Å². The van der Waals surface area contributed by atoms with E-state index in [0.29, 0.717) is 27.6 Å². The quantitative estimate of drug-likeness (QED) is 0.581. The van der Waals surface area contributed by atoms with Crippen molar-refractivity contribution in [1.29, 1.82) is 0 Å². The lowest BCUT2D eigenvalue weighted by Gasteiger charge is -2.29. The van der Waals surface area contributed by atoms with Crippen LogP contribution in [-0.4, -0.2) is 28.7 Å². The molecule has 1 fully saturated rings. The van der Waals surface area contributed by atoms with Gasteiger partial charge in [0.05, 0.1) is 17.1 Å². The van der Waals surface area contributed by atoms with Gasteiger partial charge >= 0.3 is 0 Å². The lowest BCUT2D eigenvalue weighted by atomic mass is 9.92. The summed E-state index contributed by atoms with van der Waals surface area (Å²) in [6.07, 6.45) is -0.292. The Hall–Kier alpha value is -2.65. The molecule has 6 nitrogen and oxygen atoms in total. The molecule has 1 N–H and O–H groups in total. The molecular formula is C22H22F2N2O4S. The molecule has 1 aliphatic rings. The van der Waals surface area contributed by atoms with Crippen molar-refractivity contribution in [3.63, 3.8) is 0 Å². The second-order valence-electron chi connectivity index (χ2n) is 8.01. The van der Waals surface area contributed by atoms with Crippen LogP contribution in [0.1, 0.15) is 49.5 Å². The van der Waals surface area contributed by atoms with Gasteiger partial charge in [-0.25, -0.2) is 13.5 Å². The van der Waals surface area contributed by atoms with Gasteiger partial charge in [-0.1, -0.05) is 36.4 Å². The summed E-state index contributed by atoms with van der Waals surface area (Å²) in [6, 6.07) is 13.1. The fourth-order valence-corrected chi connectivity index (χ4v) is 4.54. The summed E-state index contributed by atoms with van der Waals surface area (Å²) in [4.78, 5) is 13.1. The van der Waals surface area contributed by atoms with Crippen LogP contribution in [0.5, 0.6) is 0 Å². The molecule has 1 aromatic heterocycles. The number of hydrogen-bond donors (Lipinski definition) is 1. The number of fused-ring (bicyclic) bond motifs is 1. The number of alkyl halides is 2. The van der Waals surface area contributed by atoms with E-state index in [2.05, 4.69) is 5.10 Å². The standard InChI is InChI=1S/C22H22F2N2O4S/c1-14(31(28,29)30)15-5-4-6-16(13-15)20-18-7-2-3-8-19(18)21(27)26(25-20)17-9-11-22(23,24)12-10-17/h2-8,13-14,17H,9-12H2,1H3,(H,28,29,30). The van der Waals surface area contributed by atoms with E-state index >= 15 is 0 Å². The van der Waals surface area contributed by atoms with Crippen molar-refractivity contribution in [2.45, 2.75) is 49.8 Å². The number of hydrogen-bond acceptors (Lipinski definition) is 4. The van der Waals surface area contributed by atoms with Crippen LogP contribution in [0.3, 0.4) is 0 Å². The van der Waals surface area contributed by atoms with Crippen LogP contribution in [0.25, 0.3) is 22.0 Å². The second-order valence-corrected chi connectivity index (χ2v) is 9.75. The molecule has 1 aliphatic carbocycles. The molecule has 1 heterocycles. The molecule has 0 radical (unpaired) electrons. The summed E-state index contributed by atoms with van der Waals surface area (Å²) in [5, 5.41) is 4.42. The number of aromatic nitrogens is 2. The van der Waals surface area contributed by atoms with E-state index in [9.17, 15) is 26.5 Å². The fraction of sp³-hybridized carbons (Fsp3) is 0.364. The Morgan fingerprint density at radius 3 is 2.39 bits per heavy atom. The zero-order valence-corrected chi connectivity index (χ0v) is 17.6. The second kappa shape index (κ2) is 7.80. The maximum atomic E-state index is 13.6. The van der Waals surface area contributed by atoms with Gasteiger partial charge in [0.1, 0.15) is 5.25 Å². The highest BCUT2D eigenvalue weighted by Gasteiger charge is 2.36. The smallest absolute Gasteiger partial charge is 0.274 e. The van der Waals surface area contributed by atoms with Gasteiger partial charge in [-0.05, 0) is 37.5 Å². The summed E-state index contributed by atoms with van der Waals surface area (Å²) >= 11 is 0. The van der Waals surface area contributed by atoms with Crippen LogP contribution in [0, 0.1) is 0 Å². The van der Waals surface area contributed by atoms with Gasteiger partial charge in [0.2, 0.25) is 5.92 Å². The number of halogens is 2. The lowest BCUT2D eigenvalue weighted by Crippen LogP contribution is -2.33. The molecule has 31 heavy (non-hydrogen) atoms. The first-order valence-electron chi connectivity index (χ1n) is 10.0. The molecule has 9 heteroatoms. The predicted octanol–water partition coefficient (Wildman–Crippen LogP) is 4.76. The van der Waals surface area contributed by atoms with Crippen molar-refractivity contribution in [3.05, 3.63) is 64.4 Å². The first-order valence-corrected chi connectivity index (χ1v) is 11.5. The van der Waals surface area contributed by atoms with Crippen LogP contribution >= 0.6 is 0 Å². The fourth-order valence-electron chi connectivity index (χ4n) is 4.05. The molecule has 2 aromatic carbocycles. The molecule has 0 bridgehead atoms. The summed E-state index contributed by atoms with van der Waals surface area (Å²) < 4.78 is 61.1. The third-order valence-corrected chi connectivity index (χ3v) is 7.10. The molecule has 1 atom stereocenters. The summed E-state index contributed by atoms with van der Waals surface area (Å²) in [7, 11) is -4.29. The van der Waals surface area contributed by atoms with Crippen molar-refractivity contribution in [3.8, 4) is 11.3 Å². The monoisotopic (exact) mass is 448 g/mol. The molecule has 0 aliphatic heterocycles. The van der Waals surface area contributed by atoms with Crippen molar-refractivity contribution < 1.29 is 21.8 Å². The average Bonchev–Trinajstić information content (AvgIpc) is 2.73. The van der Waals surface area contributed by atoms with Crippen molar-refractivity contribution >= 4 is 20.9 Å². The summed E-state index contributed by atoms with van der Waals surface area (Å²) in [5.74, 6) is -2.72. The predicted molar refractivity (Wildman–Crippen MR) is 114 cm³/mol. The van der Waals surface area contributed by atoms with Gasteiger partial charge in [-0.15, -0.1) is 0 Å². The lowest BCUT2D eigenvalue weighted by molar-refractivity contribution is -0.0453. The largest absolute Gasteiger partial charge is 0.285 e. The highest BCUT2D eigenvalue weighted by atomic mass is 32.2. The molecule has 0 amide bonds. The van der Waals surface area contributed by atoms with E-state index in [1.807, 2.05) is 0 Å². The molecule has 1 saturated carbocycles. The SMILES string of the molecule is CC(c1cccc(-c2nn(C3CCC(F)(F)CC3)c(=O)c3ccccc23)c1)S(=O)(=O)O. The van der Waals surface area contributed by atoms with E-state index in [-0.39, 0.29) is 31.2 Å². The van der Waals surface area contributed by atoms with Crippen LogP contribution in [0.15, 0.2) is 53.3 Å². The van der Waals surface area contributed by atoms with Crippen LogP contribution < -0.4 is 5.56 Å². The number of nitrogens with zero attached hydrogens (tertiary/aromatic N) is 2. The van der Waals surface area contributed by atoms with Gasteiger partial charge in [-0.3, -0.25) is 9.35 Å². The molecule has 3 aromatic rings. The van der Waals surface area contributed by atoms with Crippen LogP contribution in [0.2, 0.25) is 0 Å². The average molecular weight is 448 g/mol. The van der Waals surface area contributed by atoms with Crippen molar-refractivity contribution in [2.24, 2.45) is 0 Å². The third kappa shape index (κ3) is 4.24. The van der Waals surface area contributed by atoms with Crippen molar-refractivity contribution in [2.75, 3.05) is 0 Å². The Labute approximate surface area is 178 Å². The first-order chi connectivity index (χ1) is 14.6. The molecule has 0 saturated heterocycles. The van der Waals surface area contributed by atoms with Crippen LogP contribution in [-0.2, 0) is 10.1 Å². The first kappa shape index (κ1) is 21.6. The summed E-state index contributed by atoms with van der Waals surface area (Å²) in [6.45, 7) is 1.38. The molecular weight excluding hydrogens is 426 g/mol. The van der Waals surface area contributed by atoms with Gasteiger partial charge in [0.15, 0.2) is 0 Å². The molecule has 4 rings (SSSR count). The maximum Gasteiger partial charge on any atom is 0.274 e. The van der Waals surface area contributed by atoms with Gasteiger partial charge < -0.3 is 0 Å². The zero-order valence-electron chi connectivity index (χ0n) is 16.8. The Bertz CT molecular complexity index is 1290. The minimum atomic E-state index is -4.29. The Morgan fingerprint density at radius 2 is 1.74 bits per heavy atom. The molecule has 164 valence electrons. The zero-order chi connectivity index (χ0) is 22.4. The molecule has 1 unspecified atom stereocenters. The third-order valence-electron chi connectivity index (χ3n) is 5.94. The van der Waals surface area contributed by atoms with E-state index in [1.54, 1.807) is 48.5 Å². The normalized spacial score (nSPS) is 18.2. The van der Waals surface area contributed by atoms with E-state index in [1.165, 1.54) is 11.6 Å². The molecule has 0 spiro atoms. The number of benzene rings is 2. The summed E-state index contributed by atoms with van der Waals surface area (Å²) in [5.41, 5.74) is 1.06. The van der Waals surface area contributed by atoms with E-state index < -0.39 is 27.3 Å². The highest BCUT2D eigenvalue weighted by Crippen LogP contribution is 2.38. The van der Waals surface area contributed by atoms with Gasteiger partial charge in [0, 0.05) is 23.8 Å². The minimum Gasteiger partial charge on any atom is -0.285 e. The Morgan fingerprint density at radius 1 is 1.10 bits per heavy atom. The Balaban J connectivity index is 1.87. The van der Waals surface area contributed by atoms with E-state index in [0.717, 1.165) is 0 Å². The van der Waals surface area contributed by atoms with Gasteiger partial charge in [-0.2, -0.15) is 13.5 Å². The highest BCUT2D eigenvalue weighted by molar-refractivity contribution is 7.86. The number of rotatable bonds is 4. The van der Waals surface area contributed by atoms with Gasteiger partial charge in [0.25, 0.3) is 15.7 Å². The minimum absolute atomic E-state index is 0.150.